The number of hydrogen-bond acceptors (Lipinski definition) is 6. The largest absolute Gasteiger partial charge is 0.396 e. The van der Waals surface area contributed by atoms with Crippen LogP contribution in [0.3, 0.4) is 0 Å². The van der Waals surface area contributed by atoms with E-state index in [2.05, 4.69) is 0 Å². The molecule has 0 aliphatic rings. The van der Waals surface area contributed by atoms with Gasteiger partial charge in [0.05, 0.1) is 5.66 Å². The van der Waals surface area contributed by atoms with Crippen molar-refractivity contribution in [2.75, 3.05) is 26.4 Å². The van der Waals surface area contributed by atoms with Crippen molar-refractivity contribution < 1.29 is 20.4 Å². The normalized spacial score (nSPS) is 14.6. The summed E-state index contributed by atoms with van der Waals surface area (Å²) < 4.78 is 0. The van der Waals surface area contributed by atoms with E-state index in [0.29, 0.717) is 19.3 Å². The highest BCUT2D eigenvalue weighted by atomic mass is 16.3. The average Bonchev–Trinajstić information content (AvgIpc) is 2.38. The van der Waals surface area contributed by atoms with E-state index in [1.165, 1.54) is 0 Å². The Morgan fingerprint density at radius 2 is 1.30 bits per heavy atom. The van der Waals surface area contributed by atoms with E-state index in [0.717, 1.165) is 12.8 Å². The van der Waals surface area contributed by atoms with Gasteiger partial charge in [0.1, 0.15) is 0 Å². The standard InChI is InChI=1S/C14H32N2O4/c1-2-3-12(4-8-17)13(5-9-18,6-10-19)14(15,16)7-11-20/h12,17-20H,2-11,15-16H2,1H3. The SMILES string of the molecule is CCCC(CCO)C(CCO)(CCO)C(N)(N)CCO. The Kier molecular flexibility index (Phi) is 9.54. The van der Waals surface area contributed by atoms with Crippen molar-refractivity contribution in [3.8, 4) is 0 Å². The second-order valence-electron chi connectivity index (χ2n) is 5.62. The van der Waals surface area contributed by atoms with E-state index < -0.39 is 11.1 Å². The predicted octanol–water partition coefficient (Wildman–Crippen LogP) is -0.468. The summed E-state index contributed by atoms with van der Waals surface area (Å²) in [5, 5.41) is 37.4. The fourth-order valence-electron chi connectivity index (χ4n) is 3.41. The summed E-state index contributed by atoms with van der Waals surface area (Å²) in [7, 11) is 0. The summed E-state index contributed by atoms with van der Waals surface area (Å²) in [6, 6.07) is 0. The molecule has 1 unspecified atom stereocenters. The van der Waals surface area contributed by atoms with Crippen LogP contribution in [0, 0.1) is 11.3 Å². The minimum Gasteiger partial charge on any atom is -0.396 e. The van der Waals surface area contributed by atoms with Gasteiger partial charge in [-0.05, 0) is 31.6 Å². The van der Waals surface area contributed by atoms with Crippen LogP contribution in [0.5, 0.6) is 0 Å². The monoisotopic (exact) mass is 292 g/mol. The fraction of sp³-hybridized carbons (Fsp3) is 1.00. The summed E-state index contributed by atoms with van der Waals surface area (Å²) >= 11 is 0. The third kappa shape index (κ3) is 4.65. The Balaban J connectivity index is 5.56. The Labute approximate surface area is 121 Å². The Morgan fingerprint density at radius 3 is 1.65 bits per heavy atom. The summed E-state index contributed by atoms with van der Waals surface area (Å²) in [5.74, 6) is -0.00153. The van der Waals surface area contributed by atoms with Crippen molar-refractivity contribution in [2.45, 2.75) is 51.1 Å². The molecule has 0 aromatic carbocycles. The molecule has 6 heteroatoms. The maximum atomic E-state index is 9.43. The molecule has 0 aromatic rings. The van der Waals surface area contributed by atoms with Gasteiger partial charge < -0.3 is 31.9 Å². The number of aliphatic hydroxyl groups is 4. The predicted molar refractivity (Wildman–Crippen MR) is 78.7 cm³/mol. The third-order valence-electron chi connectivity index (χ3n) is 4.46. The molecule has 8 N–H and O–H groups in total. The van der Waals surface area contributed by atoms with E-state index in [-0.39, 0.29) is 38.8 Å². The summed E-state index contributed by atoms with van der Waals surface area (Å²) in [6.07, 6.45) is 3.13. The molecule has 6 nitrogen and oxygen atoms in total. The van der Waals surface area contributed by atoms with Gasteiger partial charge in [0.25, 0.3) is 0 Å². The van der Waals surface area contributed by atoms with Crippen LogP contribution in [0.2, 0.25) is 0 Å². The van der Waals surface area contributed by atoms with Crippen molar-refractivity contribution in [1.82, 2.24) is 0 Å². The van der Waals surface area contributed by atoms with Crippen LogP contribution < -0.4 is 11.5 Å². The molecule has 1 atom stereocenters. The van der Waals surface area contributed by atoms with Crippen LogP contribution >= 0.6 is 0 Å². The van der Waals surface area contributed by atoms with Gasteiger partial charge in [0.2, 0.25) is 0 Å². The highest BCUT2D eigenvalue weighted by Crippen LogP contribution is 2.46. The van der Waals surface area contributed by atoms with Gasteiger partial charge in [-0.1, -0.05) is 13.3 Å². The smallest absolute Gasteiger partial charge is 0.0721 e. The second-order valence-corrected chi connectivity index (χ2v) is 5.62. The lowest BCUT2D eigenvalue weighted by molar-refractivity contribution is -0.0291. The van der Waals surface area contributed by atoms with Crippen LogP contribution in [-0.4, -0.2) is 52.5 Å². The zero-order valence-corrected chi connectivity index (χ0v) is 12.6. The van der Waals surface area contributed by atoms with Gasteiger partial charge in [-0.2, -0.15) is 0 Å². The molecule has 0 rings (SSSR count). The molecular formula is C14H32N2O4. The minimum atomic E-state index is -1.19. The summed E-state index contributed by atoms with van der Waals surface area (Å²) in [4.78, 5) is 0. The number of nitrogens with two attached hydrogens (primary N) is 2. The molecule has 0 aliphatic carbocycles. The number of rotatable bonds is 12. The van der Waals surface area contributed by atoms with Crippen molar-refractivity contribution >= 4 is 0 Å². The van der Waals surface area contributed by atoms with Gasteiger partial charge in [-0.25, -0.2) is 0 Å². The van der Waals surface area contributed by atoms with Crippen LogP contribution in [-0.2, 0) is 0 Å². The molecular weight excluding hydrogens is 260 g/mol. The number of aliphatic hydroxyl groups excluding tert-OH is 4. The quantitative estimate of drug-likeness (QED) is 0.269. The lowest BCUT2D eigenvalue weighted by Crippen LogP contribution is -2.66. The van der Waals surface area contributed by atoms with Gasteiger partial charge in [-0.15, -0.1) is 0 Å². The molecule has 0 bridgehead atoms. The Bertz CT molecular complexity index is 237. The van der Waals surface area contributed by atoms with Gasteiger partial charge in [0.15, 0.2) is 0 Å². The Hall–Kier alpha value is -0.240. The maximum absolute atomic E-state index is 9.43. The average molecular weight is 292 g/mol. The van der Waals surface area contributed by atoms with E-state index >= 15 is 0 Å². The topological polar surface area (TPSA) is 133 Å². The fourth-order valence-corrected chi connectivity index (χ4v) is 3.41. The Morgan fingerprint density at radius 1 is 0.800 bits per heavy atom. The molecule has 20 heavy (non-hydrogen) atoms. The maximum Gasteiger partial charge on any atom is 0.0721 e. The molecule has 122 valence electrons. The van der Waals surface area contributed by atoms with Crippen molar-refractivity contribution in [2.24, 2.45) is 22.8 Å². The molecule has 0 aliphatic heterocycles. The summed E-state index contributed by atoms with van der Waals surface area (Å²) in [6.45, 7) is 1.72. The van der Waals surface area contributed by atoms with Crippen molar-refractivity contribution in [1.29, 1.82) is 0 Å². The van der Waals surface area contributed by atoms with Crippen LogP contribution in [0.1, 0.15) is 45.4 Å². The number of hydrogen-bond donors (Lipinski definition) is 6. The molecule has 0 aromatic heterocycles. The lowest BCUT2D eigenvalue weighted by atomic mass is 9.59. The molecule has 0 radical (unpaired) electrons. The first-order chi connectivity index (χ1) is 9.45. The second kappa shape index (κ2) is 9.65. The van der Waals surface area contributed by atoms with Crippen LogP contribution in [0.15, 0.2) is 0 Å². The van der Waals surface area contributed by atoms with E-state index in [1.54, 1.807) is 0 Å². The highest BCUT2D eigenvalue weighted by molar-refractivity contribution is 5.02. The van der Waals surface area contributed by atoms with Crippen molar-refractivity contribution in [3.63, 3.8) is 0 Å². The molecule has 0 fully saturated rings. The molecule has 0 amide bonds. The van der Waals surface area contributed by atoms with E-state index in [4.69, 9.17) is 11.5 Å². The zero-order valence-electron chi connectivity index (χ0n) is 12.6. The molecule has 0 saturated heterocycles. The van der Waals surface area contributed by atoms with Crippen molar-refractivity contribution in [3.05, 3.63) is 0 Å². The minimum absolute atomic E-state index is 0.00153. The first kappa shape index (κ1) is 19.8. The third-order valence-corrected chi connectivity index (χ3v) is 4.46. The first-order valence-electron chi connectivity index (χ1n) is 7.47. The highest BCUT2D eigenvalue weighted by Gasteiger charge is 2.49. The van der Waals surface area contributed by atoms with E-state index in [9.17, 15) is 20.4 Å². The first-order valence-corrected chi connectivity index (χ1v) is 7.47. The van der Waals surface area contributed by atoms with Gasteiger partial charge in [-0.3, -0.25) is 0 Å². The molecule has 0 heterocycles. The molecule has 0 saturated carbocycles. The van der Waals surface area contributed by atoms with Crippen LogP contribution in [0.4, 0.5) is 0 Å². The lowest BCUT2D eigenvalue weighted by Gasteiger charge is -2.51. The van der Waals surface area contributed by atoms with E-state index in [1.807, 2.05) is 6.92 Å². The molecule has 0 spiro atoms. The van der Waals surface area contributed by atoms with Gasteiger partial charge >= 0.3 is 0 Å². The summed E-state index contributed by atoms with van der Waals surface area (Å²) in [5.41, 5.74) is 10.6. The van der Waals surface area contributed by atoms with Crippen LogP contribution in [0.25, 0.3) is 0 Å². The van der Waals surface area contributed by atoms with Gasteiger partial charge in [0, 0.05) is 38.3 Å². The zero-order chi connectivity index (χ0) is 15.6.